The maximum atomic E-state index is 12.7. The van der Waals surface area contributed by atoms with Crippen molar-refractivity contribution in [2.45, 2.75) is 32.7 Å². The van der Waals surface area contributed by atoms with Gasteiger partial charge >= 0.3 is 0 Å². The molecule has 1 aliphatic heterocycles. The van der Waals surface area contributed by atoms with E-state index in [1.807, 2.05) is 31.2 Å². The standard InChI is InChI=1S/C17H23ClF2N2O/c1-2-22(11-14-5-3-4-6-15(14)18)17(23)13-7-9-21(10-8-13)12-16(19)20/h3-6,13,16H,2,7-12H2,1H3. The van der Waals surface area contributed by atoms with E-state index in [0.717, 1.165) is 5.56 Å². The van der Waals surface area contributed by atoms with E-state index in [9.17, 15) is 13.6 Å². The summed E-state index contributed by atoms with van der Waals surface area (Å²) in [7, 11) is 0. The van der Waals surface area contributed by atoms with Crippen molar-refractivity contribution in [3.8, 4) is 0 Å². The van der Waals surface area contributed by atoms with Gasteiger partial charge in [0.1, 0.15) is 0 Å². The highest BCUT2D eigenvalue weighted by atomic mass is 35.5. The van der Waals surface area contributed by atoms with Crippen molar-refractivity contribution in [2.24, 2.45) is 5.92 Å². The Morgan fingerprint density at radius 2 is 2.00 bits per heavy atom. The number of carbonyl (C=O) groups is 1. The van der Waals surface area contributed by atoms with Gasteiger partial charge < -0.3 is 4.90 Å². The second-order valence-corrected chi connectivity index (χ2v) is 6.32. The van der Waals surface area contributed by atoms with Gasteiger partial charge in [-0.3, -0.25) is 9.69 Å². The molecule has 6 heteroatoms. The quantitative estimate of drug-likeness (QED) is 0.786. The predicted molar refractivity (Wildman–Crippen MR) is 87.7 cm³/mol. The van der Waals surface area contributed by atoms with Crippen LogP contribution in [0.15, 0.2) is 24.3 Å². The summed E-state index contributed by atoms with van der Waals surface area (Å²) >= 11 is 6.17. The lowest BCUT2D eigenvalue weighted by Gasteiger charge is -2.33. The molecule has 0 radical (unpaired) electrons. The number of hydrogen-bond donors (Lipinski definition) is 0. The molecule has 1 aromatic rings. The van der Waals surface area contributed by atoms with Crippen LogP contribution in [0.4, 0.5) is 8.78 Å². The predicted octanol–water partition coefficient (Wildman–Crippen LogP) is 3.67. The molecule has 128 valence electrons. The second kappa shape index (κ2) is 8.60. The van der Waals surface area contributed by atoms with Crippen LogP contribution in [0.1, 0.15) is 25.3 Å². The Kier molecular flexibility index (Phi) is 6.78. The molecule has 1 saturated heterocycles. The van der Waals surface area contributed by atoms with Gasteiger partial charge in [-0.25, -0.2) is 8.78 Å². The lowest BCUT2D eigenvalue weighted by atomic mass is 9.95. The molecule has 3 nitrogen and oxygen atoms in total. The van der Waals surface area contributed by atoms with Gasteiger partial charge in [0.05, 0.1) is 6.54 Å². The van der Waals surface area contributed by atoms with E-state index in [4.69, 9.17) is 11.6 Å². The fourth-order valence-corrected chi connectivity index (χ4v) is 3.19. The Morgan fingerprint density at radius 3 is 2.57 bits per heavy atom. The first kappa shape index (κ1) is 18.1. The minimum atomic E-state index is -2.31. The minimum Gasteiger partial charge on any atom is -0.338 e. The molecule has 0 aromatic heterocycles. The number of piperidine rings is 1. The van der Waals surface area contributed by atoms with Crippen LogP contribution in [-0.4, -0.2) is 48.3 Å². The van der Waals surface area contributed by atoms with E-state index in [0.29, 0.717) is 44.0 Å². The Bertz CT molecular complexity index is 519. The minimum absolute atomic E-state index is 0.0774. The largest absolute Gasteiger partial charge is 0.338 e. The number of halogens is 3. The Balaban J connectivity index is 1.92. The summed E-state index contributed by atoms with van der Waals surface area (Å²) in [6.45, 7) is 3.97. The summed E-state index contributed by atoms with van der Waals surface area (Å²) in [6.07, 6.45) is -1.02. The molecular formula is C17H23ClF2N2O. The highest BCUT2D eigenvalue weighted by Gasteiger charge is 2.29. The third-order valence-electron chi connectivity index (χ3n) is 4.35. The monoisotopic (exact) mass is 344 g/mol. The molecular weight excluding hydrogens is 322 g/mol. The van der Waals surface area contributed by atoms with E-state index in [1.165, 1.54) is 0 Å². The summed E-state index contributed by atoms with van der Waals surface area (Å²) in [5.74, 6) is 0.0236. The molecule has 2 rings (SSSR count). The van der Waals surface area contributed by atoms with Crippen molar-refractivity contribution in [2.75, 3.05) is 26.2 Å². The zero-order valence-corrected chi connectivity index (χ0v) is 14.1. The zero-order valence-electron chi connectivity index (χ0n) is 13.4. The maximum Gasteiger partial charge on any atom is 0.251 e. The highest BCUT2D eigenvalue weighted by molar-refractivity contribution is 6.31. The molecule has 0 N–H and O–H groups in total. The van der Waals surface area contributed by atoms with Crippen LogP contribution in [0, 0.1) is 5.92 Å². The second-order valence-electron chi connectivity index (χ2n) is 5.91. The SMILES string of the molecule is CCN(Cc1ccccc1Cl)C(=O)C1CCN(CC(F)F)CC1. The first-order valence-corrected chi connectivity index (χ1v) is 8.41. The van der Waals surface area contributed by atoms with E-state index < -0.39 is 6.43 Å². The molecule has 23 heavy (non-hydrogen) atoms. The summed E-state index contributed by atoms with van der Waals surface area (Å²) in [5.41, 5.74) is 0.930. The molecule has 1 amide bonds. The van der Waals surface area contributed by atoms with Gasteiger partial charge in [0.25, 0.3) is 6.43 Å². The van der Waals surface area contributed by atoms with Crippen molar-refractivity contribution in [3.63, 3.8) is 0 Å². The average molecular weight is 345 g/mol. The normalized spacial score (nSPS) is 16.7. The van der Waals surface area contributed by atoms with Crippen LogP contribution in [0.5, 0.6) is 0 Å². The molecule has 0 spiro atoms. The molecule has 0 atom stereocenters. The number of alkyl halides is 2. The Labute approximate surface area is 141 Å². The molecule has 0 aliphatic carbocycles. The van der Waals surface area contributed by atoms with Gasteiger partial charge in [0, 0.05) is 24.0 Å². The summed E-state index contributed by atoms with van der Waals surface area (Å²) in [6, 6.07) is 7.51. The summed E-state index contributed by atoms with van der Waals surface area (Å²) in [4.78, 5) is 16.2. The van der Waals surface area contributed by atoms with Crippen molar-refractivity contribution in [1.82, 2.24) is 9.80 Å². The number of amides is 1. The van der Waals surface area contributed by atoms with Crippen LogP contribution in [0.25, 0.3) is 0 Å². The average Bonchev–Trinajstić information content (AvgIpc) is 2.54. The topological polar surface area (TPSA) is 23.6 Å². The first-order valence-electron chi connectivity index (χ1n) is 8.04. The van der Waals surface area contributed by atoms with Crippen LogP contribution in [0.3, 0.4) is 0 Å². The number of benzene rings is 1. The van der Waals surface area contributed by atoms with Crippen molar-refractivity contribution in [1.29, 1.82) is 0 Å². The number of hydrogen-bond acceptors (Lipinski definition) is 2. The van der Waals surface area contributed by atoms with Gasteiger partial charge in [-0.15, -0.1) is 0 Å². The molecule has 1 aromatic carbocycles. The number of likely N-dealkylation sites (tertiary alicyclic amines) is 1. The van der Waals surface area contributed by atoms with Crippen LogP contribution in [-0.2, 0) is 11.3 Å². The van der Waals surface area contributed by atoms with Gasteiger partial charge in [-0.1, -0.05) is 29.8 Å². The molecule has 1 heterocycles. The summed E-state index contributed by atoms with van der Waals surface area (Å²) in [5, 5.41) is 0.658. The Hall–Kier alpha value is -1.20. The van der Waals surface area contributed by atoms with E-state index >= 15 is 0 Å². The van der Waals surface area contributed by atoms with E-state index in [1.54, 1.807) is 9.80 Å². The zero-order chi connectivity index (χ0) is 16.8. The highest BCUT2D eigenvalue weighted by Crippen LogP contribution is 2.23. The van der Waals surface area contributed by atoms with E-state index in [2.05, 4.69) is 0 Å². The molecule has 0 saturated carbocycles. The first-order chi connectivity index (χ1) is 11.0. The molecule has 1 aliphatic rings. The third-order valence-corrected chi connectivity index (χ3v) is 4.71. The van der Waals surface area contributed by atoms with Crippen LogP contribution < -0.4 is 0 Å². The lowest BCUT2D eigenvalue weighted by Crippen LogP contribution is -2.43. The third kappa shape index (κ3) is 5.15. The lowest BCUT2D eigenvalue weighted by molar-refractivity contribution is -0.137. The number of carbonyl (C=O) groups excluding carboxylic acids is 1. The molecule has 0 bridgehead atoms. The van der Waals surface area contributed by atoms with Crippen molar-refractivity contribution < 1.29 is 13.6 Å². The van der Waals surface area contributed by atoms with Gasteiger partial charge in [0.2, 0.25) is 5.91 Å². The summed E-state index contributed by atoms with van der Waals surface area (Å²) < 4.78 is 24.8. The van der Waals surface area contributed by atoms with Crippen LogP contribution in [0.2, 0.25) is 5.02 Å². The smallest absolute Gasteiger partial charge is 0.251 e. The van der Waals surface area contributed by atoms with Crippen molar-refractivity contribution >= 4 is 17.5 Å². The van der Waals surface area contributed by atoms with Crippen LogP contribution >= 0.6 is 11.6 Å². The van der Waals surface area contributed by atoms with Crippen molar-refractivity contribution in [3.05, 3.63) is 34.9 Å². The fourth-order valence-electron chi connectivity index (χ4n) is 2.99. The van der Waals surface area contributed by atoms with Gasteiger partial charge in [0.15, 0.2) is 0 Å². The number of nitrogens with zero attached hydrogens (tertiary/aromatic N) is 2. The van der Waals surface area contributed by atoms with Gasteiger partial charge in [-0.05, 0) is 44.5 Å². The Morgan fingerprint density at radius 1 is 1.35 bits per heavy atom. The molecule has 1 fully saturated rings. The fraction of sp³-hybridized carbons (Fsp3) is 0.588. The van der Waals surface area contributed by atoms with Gasteiger partial charge in [-0.2, -0.15) is 0 Å². The number of rotatable bonds is 6. The molecule has 0 unspecified atom stereocenters. The maximum absolute atomic E-state index is 12.7. The van der Waals surface area contributed by atoms with E-state index in [-0.39, 0.29) is 18.4 Å².